The maximum atomic E-state index is 11.5. The number of carboxylic acid groups (broad SMARTS) is 1. The highest BCUT2D eigenvalue weighted by molar-refractivity contribution is 5.77. The van der Waals surface area contributed by atoms with E-state index in [2.05, 4.69) is 10.6 Å². The zero-order chi connectivity index (χ0) is 11.8. The number of aliphatic carboxylic acids is 1. The fourth-order valence-corrected chi connectivity index (χ4v) is 1.82. The molecule has 16 heavy (non-hydrogen) atoms. The summed E-state index contributed by atoms with van der Waals surface area (Å²) in [6.07, 6.45) is 5.30. The van der Waals surface area contributed by atoms with Crippen molar-refractivity contribution >= 4 is 11.9 Å². The zero-order valence-electron chi connectivity index (χ0n) is 9.50. The Bertz CT molecular complexity index is 235. The van der Waals surface area contributed by atoms with Crippen LogP contribution < -0.4 is 10.6 Å². The molecule has 0 saturated carbocycles. The first-order valence-electron chi connectivity index (χ1n) is 5.93. The van der Waals surface area contributed by atoms with Crippen LogP contribution in [0.25, 0.3) is 0 Å². The number of nitrogens with one attached hydrogen (secondary N) is 2. The van der Waals surface area contributed by atoms with E-state index in [-0.39, 0.29) is 18.5 Å². The normalized spacial score (nSPS) is 21.1. The summed E-state index contributed by atoms with van der Waals surface area (Å²) in [5.41, 5.74) is 0. The second-order valence-electron chi connectivity index (χ2n) is 4.17. The zero-order valence-corrected chi connectivity index (χ0v) is 9.50. The quantitative estimate of drug-likeness (QED) is 0.651. The van der Waals surface area contributed by atoms with Gasteiger partial charge in [0, 0.05) is 12.8 Å². The summed E-state index contributed by atoms with van der Waals surface area (Å²) < 4.78 is 0. The number of carbonyl (C=O) groups is 2. The van der Waals surface area contributed by atoms with Gasteiger partial charge in [-0.3, -0.25) is 14.9 Å². The highest BCUT2D eigenvalue weighted by Crippen LogP contribution is 2.07. The van der Waals surface area contributed by atoms with Crippen LogP contribution in [-0.4, -0.2) is 29.7 Å². The molecule has 0 spiro atoms. The molecule has 0 aromatic heterocycles. The second-order valence-corrected chi connectivity index (χ2v) is 4.17. The molecule has 1 heterocycles. The Balaban J connectivity index is 2.14. The number of hydrogen-bond acceptors (Lipinski definition) is 3. The standard InChI is InChI=1S/C11H20N2O3/c14-10(6-4-7-11(15)16)13-9-5-2-1-3-8-12-9/h9,12H,1-8H2,(H,13,14)(H,15,16). The van der Waals surface area contributed by atoms with Crippen molar-refractivity contribution < 1.29 is 14.7 Å². The fourth-order valence-electron chi connectivity index (χ4n) is 1.82. The van der Waals surface area contributed by atoms with Crippen LogP contribution in [-0.2, 0) is 9.59 Å². The summed E-state index contributed by atoms with van der Waals surface area (Å²) in [6.45, 7) is 0.945. The van der Waals surface area contributed by atoms with Crippen molar-refractivity contribution in [1.29, 1.82) is 0 Å². The number of rotatable bonds is 5. The topological polar surface area (TPSA) is 78.4 Å². The summed E-state index contributed by atoms with van der Waals surface area (Å²) in [7, 11) is 0. The van der Waals surface area contributed by atoms with Crippen LogP contribution in [0.3, 0.4) is 0 Å². The number of carbonyl (C=O) groups excluding carboxylic acids is 1. The number of amides is 1. The average molecular weight is 228 g/mol. The van der Waals surface area contributed by atoms with Crippen LogP contribution in [0.5, 0.6) is 0 Å². The van der Waals surface area contributed by atoms with Crippen LogP contribution >= 0.6 is 0 Å². The smallest absolute Gasteiger partial charge is 0.303 e. The van der Waals surface area contributed by atoms with Crippen LogP contribution in [0, 0.1) is 0 Å². The molecule has 1 amide bonds. The van der Waals surface area contributed by atoms with Crippen LogP contribution in [0.15, 0.2) is 0 Å². The lowest BCUT2D eigenvalue weighted by Crippen LogP contribution is -2.44. The Kier molecular flexibility index (Phi) is 5.85. The molecule has 1 aliphatic heterocycles. The Morgan fingerprint density at radius 2 is 2.06 bits per heavy atom. The van der Waals surface area contributed by atoms with Gasteiger partial charge in [-0.1, -0.05) is 12.8 Å². The highest BCUT2D eigenvalue weighted by atomic mass is 16.4. The maximum absolute atomic E-state index is 11.5. The van der Waals surface area contributed by atoms with E-state index in [0.29, 0.717) is 12.8 Å². The Labute approximate surface area is 95.6 Å². The molecule has 0 aliphatic carbocycles. The van der Waals surface area contributed by atoms with Gasteiger partial charge in [0.25, 0.3) is 0 Å². The fraction of sp³-hybridized carbons (Fsp3) is 0.818. The van der Waals surface area contributed by atoms with Crippen LogP contribution in [0.1, 0.15) is 44.9 Å². The molecule has 92 valence electrons. The van der Waals surface area contributed by atoms with Crippen molar-refractivity contribution in [3.8, 4) is 0 Å². The van der Waals surface area contributed by atoms with Gasteiger partial charge in [0.05, 0.1) is 6.17 Å². The van der Waals surface area contributed by atoms with Gasteiger partial charge < -0.3 is 10.4 Å². The largest absolute Gasteiger partial charge is 0.481 e. The monoisotopic (exact) mass is 228 g/mol. The third kappa shape index (κ3) is 5.70. The van der Waals surface area contributed by atoms with Crippen molar-refractivity contribution in [2.45, 2.75) is 51.1 Å². The van der Waals surface area contributed by atoms with Crippen LogP contribution in [0.4, 0.5) is 0 Å². The van der Waals surface area contributed by atoms with Gasteiger partial charge in [-0.2, -0.15) is 0 Å². The molecule has 1 aliphatic rings. The van der Waals surface area contributed by atoms with Crippen molar-refractivity contribution in [2.75, 3.05) is 6.54 Å². The summed E-state index contributed by atoms with van der Waals surface area (Å²) in [5.74, 6) is -0.902. The Hall–Kier alpha value is -1.10. The van der Waals surface area contributed by atoms with Gasteiger partial charge >= 0.3 is 5.97 Å². The average Bonchev–Trinajstić information content (AvgIpc) is 2.45. The van der Waals surface area contributed by atoms with Crippen molar-refractivity contribution in [3.05, 3.63) is 0 Å². The van der Waals surface area contributed by atoms with Gasteiger partial charge in [-0.15, -0.1) is 0 Å². The van der Waals surface area contributed by atoms with E-state index in [1.165, 1.54) is 6.42 Å². The highest BCUT2D eigenvalue weighted by Gasteiger charge is 2.13. The lowest BCUT2D eigenvalue weighted by Gasteiger charge is -2.17. The molecular weight excluding hydrogens is 208 g/mol. The van der Waals surface area contributed by atoms with Crippen molar-refractivity contribution in [3.63, 3.8) is 0 Å². The van der Waals surface area contributed by atoms with Gasteiger partial charge in [0.15, 0.2) is 0 Å². The minimum Gasteiger partial charge on any atom is -0.481 e. The number of hydrogen-bond donors (Lipinski definition) is 3. The minimum absolute atomic E-state index is 0.0550. The number of carboxylic acids is 1. The Morgan fingerprint density at radius 1 is 1.25 bits per heavy atom. The first kappa shape index (κ1) is 13.0. The SMILES string of the molecule is O=C(O)CCCC(=O)NC1CCCCCN1. The molecule has 5 nitrogen and oxygen atoms in total. The summed E-state index contributed by atoms with van der Waals surface area (Å²) >= 11 is 0. The maximum Gasteiger partial charge on any atom is 0.303 e. The molecule has 1 saturated heterocycles. The van der Waals surface area contributed by atoms with E-state index in [4.69, 9.17) is 5.11 Å². The Morgan fingerprint density at radius 3 is 2.81 bits per heavy atom. The summed E-state index contributed by atoms with van der Waals surface area (Å²) in [6, 6.07) is 0. The molecule has 1 fully saturated rings. The summed E-state index contributed by atoms with van der Waals surface area (Å²) in [5, 5.41) is 14.6. The molecule has 3 N–H and O–H groups in total. The molecule has 0 bridgehead atoms. The molecule has 1 rings (SSSR count). The molecule has 1 atom stereocenters. The van der Waals surface area contributed by atoms with E-state index in [0.717, 1.165) is 25.8 Å². The predicted molar refractivity (Wildman–Crippen MR) is 59.9 cm³/mol. The lowest BCUT2D eigenvalue weighted by molar-refractivity contribution is -0.137. The van der Waals surface area contributed by atoms with Crippen molar-refractivity contribution in [1.82, 2.24) is 10.6 Å². The molecular formula is C11H20N2O3. The van der Waals surface area contributed by atoms with E-state index < -0.39 is 5.97 Å². The summed E-state index contributed by atoms with van der Waals surface area (Å²) in [4.78, 5) is 21.7. The first-order valence-corrected chi connectivity index (χ1v) is 5.93. The first-order chi connectivity index (χ1) is 7.68. The third-order valence-electron chi connectivity index (χ3n) is 2.69. The lowest BCUT2D eigenvalue weighted by atomic mass is 10.2. The molecule has 5 heteroatoms. The molecule has 0 aromatic rings. The molecule has 0 aromatic carbocycles. The minimum atomic E-state index is -0.847. The van der Waals surface area contributed by atoms with Gasteiger partial charge in [-0.25, -0.2) is 0 Å². The predicted octanol–water partition coefficient (Wildman–Crippen LogP) is 0.847. The van der Waals surface area contributed by atoms with Crippen molar-refractivity contribution in [2.24, 2.45) is 0 Å². The van der Waals surface area contributed by atoms with Gasteiger partial charge in [0.2, 0.25) is 5.91 Å². The van der Waals surface area contributed by atoms with Gasteiger partial charge in [-0.05, 0) is 25.8 Å². The second kappa shape index (κ2) is 7.22. The van der Waals surface area contributed by atoms with Gasteiger partial charge in [0.1, 0.15) is 0 Å². The molecule has 1 unspecified atom stereocenters. The van der Waals surface area contributed by atoms with E-state index >= 15 is 0 Å². The van der Waals surface area contributed by atoms with Crippen LogP contribution in [0.2, 0.25) is 0 Å². The third-order valence-corrected chi connectivity index (χ3v) is 2.69. The molecule has 0 radical (unpaired) electrons. The van der Waals surface area contributed by atoms with E-state index in [1.807, 2.05) is 0 Å². The van der Waals surface area contributed by atoms with E-state index in [9.17, 15) is 9.59 Å². The van der Waals surface area contributed by atoms with E-state index in [1.54, 1.807) is 0 Å².